The zero-order valence-corrected chi connectivity index (χ0v) is 16.8. The van der Waals surface area contributed by atoms with E-state index < -0.39 is 0 Å². The lowest BCUT2D eigenvalue weighted by Gasteiger charge is -2.09. The molecule has 4 heteroatoms. The Balaban J connectivity index is 0.000000630. The van der Waals surface area contributed by atoms with Crippen molar-refractivity contribution in [2.45, 2.75) is 41.0 Å². The normalized spacial score (nSPS) is 10.8. The lowest BCUT2D eigenvalue weighted by Crippen LogP contribution is -2.03. The number of allylic oxidation sites excluding steroid dienone is 5. The summed E-state index contributed by atoms with van der Waals surface area (Å²) in [6.07, 6.45) is 11.5. The van der Waals surface area contributed by atoms with Gasteiger partial charge in [0.2, 0.25) is 0 Å². The molecule has 0 saturated heterocycles. The van der Waals surface area contributed by atoms with Crippen LogP contribution in [0.4, 0.5) is 5.69 Å². The molecule has 1 aromatic carbocycles. The van der Waals surface area contributed by atoms with Gasteiger partial charge in [0.15, 0.2) is 0 Å². The molecular formula is C20H28ClNOS. The summed E-state index contributed by atoms with van der Waals surface area (Å²) in [5.41, 5.74) is 2.10. The van der Waals surface area contributed by atoms with Crippen LogP contribution < -0.4 is 10.1 Å². The van der Waals surface area contributed by atoms with Crippen molar-refractivity contribution in [1.82, 2.24) is 0 Å². The van der Waals surface area contributed by atoms with Gasteiger partial charge >= 0.3 is 0 Å². The Morgan fingerprint density at radius 2 is 1.83 bits per heavy atom. The van der Waals surface area contributed by atoms with Crippen molar-refractivity contribution in [3.63, 3.8) is 0 Å². The van der Waals surface area contributed by atoms with Crippen LogP contribution in [-0.4, -0.2) is 11.6 Å². The van der Waals surface area contributed by atoms with Crippen LogP contribution in [0.2, 0.25) is 5.02 Å². The minimum Gasteiger partial charge on any atom is -0.488 e. The van der Waals surface area contributed by atoms with Crippen LogP contribution in [0.1, 0.15) is 41.0 Å². The molecule has 0 atom stereocenters. The Hall–Kier alpha value is -1.58. The van der Waals surface area contributed by atoms with Crippen molar-refractivity contribution in [3.8, 4) is 5.75 Å². The summed E-state index contributed by atoms with van der Waals surface area (Å²) >= 11 is 11.0. The van der Waals surface area contributed by atoms with Crippen LogP contribution in [0.5, 0.6) is 5.75 Å². The second-order valence-corrected chi connectivity index (χ2v) is 6.03. The van der Waals surface area contributed by atoms with Crippen LogP contribution in [0, 0.1) is 0 Å². The molecule has 132 valence electrons. The highest BCUT2D eigenvalue weighted by atomic mass is 35.5. The van der Waals surface area contributed by atoms with Crippen LogP contribution in [0.15, 0.2) is 54.2 Å². The fraction of sp³-hybridized carbons (Fsp3) is 0.350. The summed E-state index contributed by atoms with van der Waals surface area (Å²) in [5, 5.41) is 3.65. The van der Waals surface area contributed by atoms with E-state index in [9.17, 15) is 0 Å². The van der Waals surface area contributed by atoms with Crippen LogP contribution in [0.3, 0.4) is 0 Å². The van der Waals surface area contributed by atoms with Gasteiger partial charge in [0.25, 0.3) is 0 Å². The van der Waals surface area contributed by atoms with Gasteiger partial charge in [-0.1, -0.05) is 67.5 Å². The zero-order valence-electron chi connectivity index (χ0n) is 15.2. The van der Waals surface area contributed by atoms with Gasteiger partial charge in [-0.2, -0.15) is 0 Å². The number of rotatable bonds is 4. The second kappa shape index (κ2) is 13.8. The Morgan fingerprint density at radius 3 is 2.29 bits per heavy atom. The summed E-state index contributed by atoms with van der Waals surface area (Å²) in [5.74, 6) is 0.658. The van der Waals surface area contributed by atoms with Crippen LogP contribution in [0.25, 0.3) is 0 Å². The summed E-state index contributed by atoms with van der Waals surface area (Å²) in [7, 11) is 0. The van der Waals surface area contributed by atoms with Crippen molar-refractivity contribution in [2.24, 2.45) is 0 Å². The van der Waals surface area contributed by atoms with E-state index in [-0.39, 0.29) is 0 Å². The molecule has 0 unspecified atom stereocenters. The van der Waals surface area contributed by atoms with E-state index in [0.29, 0.717) is 22.4 Å². The molecule has 0 fully saturated rings. The molecule has 0 spiro atoms. The second-order valence-electron chi connectivity index (χ2n) is 5.01. The Morgan fingerprint density at radius 1 is 1.21 bits per heavy atom. The molecule has 1 N–H and O–H groups in total. The van der Waals surface area contributed by atoms with Crippen molar-refractivity contribution < 1.29 is 4.74 Å². The largest absolute Gasteiger partial charge is 0.488 e. The first-order valence-electron chi connectivity index (χ1n) is 8.14. The minimum atomic E-state index is 0.516. The SMILES string of the molecule is C1=CCC=C1.CC.CC(=S)Nc1ccc(Cl)c(OCC=C(C)C)c1. The molecule has 0 bridgehead atoms. The molecule has 24 heavy (non-hydrogen) atoms. The first-order chi connectivity index (χ1) is 11.5. The van der Waals surface area contributed by atoms with Gasteiger partial charge in [-0.3, -0.25) is 0 Å². The summed E-state index contributed by atoms with van der Waals surface area (Å²) in [6.45, 7) is 10.4. The third-order valence-electron chi connectivity index (χ3n) is 2.64. The highest BCUT2D eigenvalue weighted by molar-refractivity contribution is 7.80. The molecule has 0 saturated carbocycles. The smallest absolute Gasteiger partial charge is 0.140 e. The van der Waals surface area contributed by atoms with Crippen molar-refractivity contribution >= 4 is 34.5 Å². The molecule has 0 amide bonds. The quantitative estimate of drug-likeness (QED) is 0.459. The van der Waals surface area contributed by atoms with Crippen molar-refractivity contribution in [2.75, 3.05) is 11.9 Å². The Bertz CT molecular complexity index is 577. The number of ether oxygens (including phenoxy) is 1. The lowest BCUT2D eigenvalue weighted by atomic mass is 10.3. The fourth-order valence-corrected chi connectivity index (χ4v) is 1.88. The lowest BCUT2D eigenvalue weighted by molar-refractivity contribution is 0.362. The van der Waals surface area contributed by atoms with E-state index in [2.05, 4.69) is 29.6 Å². The van der Waals surface area contributed by atoms with Gasteiger partial charge in [0.05, 0.1) is 10.0 Å². The summed E-state index contributed by atoms with van der Waals surface area (Å²) in [6, 6.07) is 5.50. The van der Waals surface area contributed by atoms with Gasteiger partial charge in [-0.15, -0.1) is 0 Å². The van der Waals surface area contributed by atoms with Gasteiger partial charge in [0.1, 0.15) is 12.4 Å². The third-order valence-corrected chi connectivity index (χ3v) is 3.05. The maximum Gasteiger partial charge on any atom is 0.140 e. The number of anilines is 1. The van der Waals surface area contributed by atoms with Crippen molar-refractivity contribution in [1.29, 1.82) is 0 Å². The number of benzene rings is 1. The Labute approximate surface area is 157 Å². The first-order valence-corrected chi connectivity index (χ1v) is 8.92. The summed E-state index contributed by atoms with van der Waals surface area (Å²) < 4.78 is 5.58. The number of nitrogens with one attached hydrogen (secondary N) is 1. The van der Waals surface area contributed by atoms with E-state index in [1.807, 2.05) is 52.8 Å². The van der Waals surface area contributed by atoms with Gasteiger partial charge in [-0.25, -0.2) is 0 Å². The molecule has 0 heterocycles. The molecule has 0 aliphatic heterocycles. The van der Waals surface area contributed by atoms with E-state index in [1.54, 1.807) is 6.07 Å². The molecule has 2 nitrogen and oxygen atoms in total. The van der Waals surface area contributed by atoms with E-state index >= 15 is 0 Å². The van der Waals surface area contributed by atoms with E-state index in [4.69, 9.17) is 28.6 Å². The van der Waals surface area contributed by atoms with Gasteiger partial charge < -0.3 is 10.1 Å². The predicted molar refractivity (Wildman–Crippen MR) is 113 cm³/mol. The Kier molecular flexibility index (Phi) is 12.9. The van der Waals surface area contributed by atoms with Gasteiger partial charge in [0, 0.05) is 11.8 Å². The van der Waals surface area contributed by atoms with Crippen LogP contribution >= 0.6 is 23.8 Å². The number of thiocarbonyl (C=S) groups is 1. The molecule has 1 aliphatic rings. The fourth-order valence-electron chi connectivity index (χ4n) is 1.59. The average Bonchev–Trinajstić information content (AvgIpc) is 3.11. The topological polar surface area (TPSA) is 21.3 Å². The number of hydrogen-bond donors (Lipinski definition) is 1. The first kappa shape index (κ1) is 22.4. The van der Waals surface area contributed by atoms with E-state index in [0.717, 1.165) is 12.1 Å². The van der Waals surface area contributed by atoms with Gasteiger partial charge in [-0.05, 0) is 45.4 Å². The summed E-state index contributed by atoms with van der Waals surface area (Å²) in [4.78, 5) is 0.711. The predicted octanol–water partition coefficient (Wildman–Crippen LogP) is 6.97. The standard InChI is InChI=1S/C13H16ClNOS.C5H6.C2H6/c1-9(2)6-7-16-13-8-11(15-10(3)17)4-5-12(13)14;1-2-4-5-3-1;1-2/h4-6,8H,7H2,1-3H3,(H,15,17);1-4H,5H2;1-2H3. The molecule has 0 aromatic heterocycles. The maximum atomic E-state index is 6.04. The molecule has 2 rings (SSSR count). The third kappa shape index (κ3) is 11.0. The molecule has 0 radical (unpaired) electrons. The minimum absolute atomic E-state index is 0.516. The molecular weight excluding hydrogens is 338 g/mol. The maximum absolute atomic E-state index is 6.04. The van der Waals surface area contributed by atoms with E-state index in [1.165, 1.54) is 5.57 Å². The number of halogens is 1. The highest BCUT2D eigenvalue weighted by Crippen LogP contribution is 2.27. The number of hydrogen-bond acceptors (Lipinski definition) is 2. The molecule has 1 aromatic rings. The van der Waals surface area contributed by atoms with Crippen LogP contribution in [-0.2, 0) is 0 Å². The highest BCUT2D eigenvalue weighted by Gasteiger charge is 2.03. The zero-order chi connectivity index (χ0) is 18.4. The average molecular weight is 366 g/mol. The molecule has 1 aliphatic carbocycles. The van der Waals surface area contributed by atoms with Crippen molar-refractivity contribution in [3.05, 3.63) is 59.2 Å². The monoisotopic (exact) mass is 365 g/mol.